The third kappa shape index (κ3) is 2.70. The van der Waals surface area contributed by atoms with E-state index in [9.17, 15) is 9.59 Å². The van der Waals surface area contributed by atoms with Crippen molar-refractivity contribution >= 4 is 23.5 Å². The number of carbonyl (C=O) groups is 2. The maximum absolute atomic E-state index is 11.0. The predicted molar refractivity (Wildman–Crippen MR) is 48.9 cm³/mol. The van der Waals surface area contributed by atoms with Crippen molar-refractivity contribution in [1.82, 2.24) is 0 Å². The van der Waals surface area contributed by atoms with Crippen LogP contribution in [-0.2, 0) is 14.3 Å². The third-order valence-electron chi connectivity index (χ3n) is 1.40. The highest BCUT2D eigenvalue weighted by molar-refractivity contribution is 8.02. The molecule has 0 rings (SSSR count). The number of Topliss-reactive ketones (excluding diaryl/α,β-unsaturated/α-hetero) is 1. The zero-order chi connectivity index (χ0) is 9.72. The molecule has 0 fully saturated rings. The first kappa shape index (κ1) is 11.2. The average molecular weight is 188 g/mol. The Morgan fingerprint density at radius 1 is 1.25 bits per heavy atom. The van der Waals surface area contributed by atoms with E-state index in [1.807, 2.05) is 0 Å². The second-order valence-electron chi connectivity index (χ2n) is 2.18. The number of carbonyl (C=O) groups excluding carboxylic acids is 2. The maximum atomic E-state index is 11.0. The molecule has 0 saturated carbocycles. The van der Waals surface area contributed by atoms with Gasteiger partial charge in [0.1, 0.15) is 5.57 Å². The van der Waals surface area contributed by atoms with E-state index in [1.165, 1.54) is 25.8 Å². The summed E-state index contributed by atoms with van der Waals surface area (Å²) in [6, 6.07) is 0. The van der Waals surface area contributed by atoms with E-state index in [0.717, 1.165) is 0 Å². The van der Waals surface area contributed by atoms with Crippen molar-refractivity contribution in [3.8, 4) is 0 Å². The van der Waals surface area contributed by atoms with Crippen LogP contribution in [-0.4, -0.2) is 25.1 Å². The Balaban J connectivity index is 4.91. The molecule has 3 nitrogen and oxygen atoms in total. The minimum atomic E-state index is -0.561. The van der Waals surface area contributed by atoms with E-state index in [2.05, 4.69) is 4.74 Å². The Morgan fingerprint density at radius 2 is 1.75 bits per heavy atom. The first-order valence-corrected chi connectivity index (χ1v) is 4.61. The summed E-state index contributed by atoms with van der Waals surface area (Å²) in [7, 11) is 1.26. The van der Waals surface area contributed by atoms with E-state index < -0.39 is 5.97 Å². The molecule has 0 atom stereocenters. The van der Waals surface area contributed by atoms with Crippen molar-refractivity contribution in [2.24, 2.45) is 0 Å². The van der Waals surface area contributed by atoms with E-state index in [4.69, 9.17) is 0 Å². The van der Waals surface area contributed by atoms with Gasteiger partial charge in [0.15, 0.2) is 5.78 Å². The standard InChI is InChI=1S/C8H12O3S/c1-5(9)7(6(2)12-4)8(10)11-3/h1-4H3/b7-6-. The number of thioether (sulfide) groups is 1. The Labute approximate surface area is 76.2 Å². The predicted octanol–water partition coefficient (Wildman–Crippen LogP) is 1.39. The smallest absolute Gasteiger partial charge is 0.342 e. The summed E-state index contributed by atoms with van der Waals surface area (Å²) in [6.45, 7) is 3.07. The van der Waals surface area contributed by atoms with Crippen LogP contribution < -0.4 is 0 Å². The number of hydrogen-bond acceptors (Lipinski definition) is 4. The van der Waals surface area contributed by atoms with Crippen LogP contribution in [0.3, 0.4) is 0 Å². The largest absolute Gasteiger partial charge is 0.465 e. The lowest BCUT2D eigenvalue weighted by atomic mass is 10.2. The molecular formula is C8H12O3S. The van der Waals surface area contributed by atoms with E-state index in [-0.39, 0.29) is 11.4 Å². The molecule has 0 heterocycles. The molecule has 0 aromatic carbocycles. The first-order valence-electron chi connectivity index (χ1n) is 3.38. The topological polar surface area (TPSA) is 43.4 Å². The molecule has 0 saturated heterocycles. The molecule has 0 spiro atoms. The molecule has 12 heavy (non-hydrogen) atoms. The molecule has 0 aliphatic heterocycles. The van der Waals surface area contributed by atoms with Gasteiger partial charge in [0.05, 0.1) is 7.11 Å². The molecule has 0 amide bonds. The van der Waals surface area contributed by atoms with Gasteiger partial charge in [-0.15, -0.1) is 11.8 Å². The zero-order valence-corrected chi connectivity index (χ0v) is 8.45. The minimum absolute atomic E-state index is 0.144. The first-order chi connectivity index (χ1) is 5.54. The zero-order valence-electron chi connectivity index (χ0n) is 7.63. The normalized spacial score (nSPS) is 12.0. The molecule has 4 heteroatoms. The summed E-state index contributed by atoms with van der Waals surface area (Å²) >= 11 is 1.36. The summed E-state index contributed by atoms with van der Waals surface area (Å²) < 4.78 is 4.47. The molecule has 0 bridgehead atoms. The number of ether oxygens (including phenoxy) is 1. The van der Waals surface area contributed by atoms with Gasteiger partial charge in [-0.3, -0.25) is 4.79 Å². The van der Waals surface area contributed by atoms with Crippen LogP contribution in [0.25, 0.3) is 0 Å². The summed E-state index contributed by atoms with van der Waals surface area (Å²) in [5.41, 5.74) is 0.144. The highest BCUT2D eigenvalue weighted by atomic mass is 32.2. The average Bonchev–Trinajstić information content (AvgIpc) is 2.03. The number of hydrogen-bond donors (Lipinski definition) is 0. The highest BCUT2D eigenvalue weighted by Gasteiger charge is 2.17. The molecule has 0 aliphatic carbocycles. The summed E-state index contributed by atoms with van der Waals surface area (Å²) in [4.78, 5) is 22.7. The Morgan fingerprint density at radius 3 is 2.00 bits per heavy atom. The molecule has 0 radical (unpaired) electrons. The molecule has 0 aromatic rings. The Kier molecular flexibility index (Phi) is 4.66. The second kappa shape index (κ2) is 4.98. The van der Waals surface area contributed by atoms with Crippen LogP contribution in [0.2, 0.25) is 0 Å². The van der Waals surface area contributed by atoms with Crippen LogP contribution in [0.5, 0.6) is 0 Å². The van der Waals surface area contributed by atoms with Crippen molar-refractivity contribution in [2.45, 2.75) is 13.8 Å². The Bertz CT molecular complexity index is 230. The van der Waals surface area contributed by atoms with Gasteiger partial charge in [0, 0.05) is 0 Å². The van der Waals surface area contributed by atoms with Gasteiger partial charge >= 0.3 is 5.97 Å². The third-order valence-corrected chi connectivity index (χ3v) is 2.22. The molecule has 0 unspecified atom stereocenters. The number of ketones is 1. The number of allylic oxidation sites excluding steroid dienone is 1. The lowest BCUT2D eigenvalue weighted by Crippen LogP contribution is -2.13. The molecular weight excluding hydrogens is 176 g/mol. The van der Waals surface area contributed by atoms with Gasteiger partial charge in [-0.2, -0.15) is 0 Å². The van der Waals surface area contributed by atoms with Gasteiger partial charge in [0.25, 0.3) is 0 Å². The summed E-state index contributed by atoms with van der Waals surface area (Å²) in [5, 5.41) is 0. The van der Waals surface area contributed by atoms with Gasteiger partial charge in [-0.25, -0.2) is 4.79 Å². The van der Waals surface area contributed by atoms with Crippen molar-refractivity contribution in [2.75, 3.05) is 13.4 Å². The fourth-order valence-electron chi connectivity index (χ4n) is 0.739. The number of methoxy groups -OCH3 is 1. The van der Waals surface area contributed by atoms with Crippen LogP contribution in [0.4, 0.5) is 0 Å². The summed E-state index contributed by atoms with van der Waals surface area (Å²) in [6.07, 6.45) is 1.81. The second-order valence-corrected chi connectivity index (χ2v) is 3.20. The van der Waals surface area contributed by atoms with Gasteiger partial charge in [0.2, 0.25) is 0 Å². The SMILES string of the molecule is COC(=O)/C(C(C)=O)=C(/C)SC. The quantitative estimate of drug-likeness (QED) is 0.290. The lowest BCUT2D eigenvalue weighted by Gasteiger charge is -2.03. The molecule has 68 valence electrons. The van der Waals surface area contributed by atoms with Crippen LogP contribution in [0, 0.1) is 0 Å². The van der Waals surface area contributed by atoms with Crippen molar-refractivity contribution < 1.29 is 14.3 Å². The van der Waals surface area contributed by atoms with Gasteiger partial charge in [-0.05, 0) is 25.0 Å². The molecule has 0 aromatic heterocycles. The van der Waals surface area contributed by atoms with Crippen LogP contribution in [0.15, 0.2) is 10.5 Å². The van der Waals surface area contributed by atoms with Crippen LogP contribution >= 0.6 is 11.8 Å². The number of esters is 1. The van der Waals surface area contributed by atoms with Crippen LogP contribution in [0.1, 0.15) is 13.8 Å². The molecule has 0 N–H and O–H groups in total. The monoisotopic (exact) mass is 188 g/mol. The van der Waals surface area contributed by atoms with Crippen molar-refractivity contribution in [3.63, 3.8) is 0 Å². The van der Waals surface area contributed by atoms with Crippen molar-refractivity contribution in [3.05, 3.63) is 10.5 Å². The maximum Gasteiger partial charge on any atom is 0.342 e. The number of rotatable bonds is 3. The Hall–Kier alpha value is -0.770. The van der Waals surface area contributed by atoms with Gasteiger partial charge in [-0.1, -0.05) is 0 Å². The van der Waals surface area contributed by atoms with E-state index in [1.54, 1.807) is 13.2 Å². The summed E-state index contributed by atoms with van der Waals surface area (Å²) in [5.74, 6) is -0.817. The lowest BCUT2D eigenvalue weighted by molar-refractivity contribution is -0.137. The van der Waals surface area contributed by atoms with E-state index >= 15 is 0 Å². The fraction of sp³-hybridized carbons (Fsp3) is 0.500. The fourth-order valence-corrected chi connectivity index (χ4v) is 1.17. The van der Waals surface area contributed by atoms with Gasteiger partial charge < -0.3 is 4.74 Å². The molecule has 0 aliphatic rings. The van der Waals surface area contributed by atoms with E-state index in [0.29, 0.717) is 4.91 Å². The minimum Gasteiger partial charge on any atom is -0.465 e. The highest BCUT2D eigenvalue weighted by Crippen LogP contribution is 2.17. The van der Waals surface area contributed by atoms with Crippen molar-refractivity contribution in [1.29, 1.82) is 0 Å².